The normalized spacial score (nSPS) is 20.0. The van der Waals surface area contributed by atoms with Gasteiger partial charge in [-0.2, -0.15) is 0 Å². The summed E-state index contributed by atoms with van der Waals surface area (Å²) in [5, 5.41) is 11.9. The average molecular weight is 288 g/mol. The molecule has 4 heteroatoms. The van der Waals surface area contributed by atoms with Crippen LogP contribution in [0.1, 0.15) is 25.3 Å². The molecule has 1 aromatic rings. The van der Waals surface area contributed by atoms with E-state index in [-0.39, 0.29) is 0 Å². The van der Waals surface area contributed by atoms with Gasteiger partial charge in [0.1, 0.15) is 0 Å². The molecular weight excluding hydrogens is 269 g/mol. The summed E-state index contributed by atoms with van der Waals surface area (Å²) in [5.74, 6) is 0. The minimum atomic E-state index is -0.622. The Kier molecular flexibility index (Phi) is 4.54. The Hall–Kier alpha value is -0.280. The Labute approximate surface area is 119 Å². The zero-order chi connectivity index (χ0) is 13.2. The molecule has 0 aliphatic carbocycles. The lowest BCUT2D eigenvalue weighted by Gasteiger charge is -2.38. The average Bonchev–Trinajstić information content (AvgIpc) is 2.34. The van der Waals surface area contributed by atoms with E-state index in [1.165, 1.54) is 0 Å². The van der Waals surface area contributed by atoms with Gasteiger partial charge in [-0.05, 0) is 37.1 Å². The summed E-state index contributed by atoms with van der Waals surface area (Å²) in [6, 6.07) is 5.48. The molecule has 1 N–H and O–H groups in total. The Morgan fingerprint density at radius 2 is 1.94 bits per heavy atom. The molecule has 2 rings (SSSR count). The highest BCUT2D eigenvalue weighted by atomic mass is 35.5. The largest absolute Gasteiger partial charge is 0.389 e. The van der Waals surface area contributed by atoms with Crippen LogP contribution in [0.2, 0.25) is 10.0 Å². The molecule has 2 nitrogen and oxygen atoms in total. The van der Waals surface area contributed by atoms with Crippen molar-refractivity contribution in [3.63, 3.8) is 0 Å². The number of likely N-dealkylation sites (tertiary alicyclic amines) is 1. The molecule has 100 valence electrons. The van der Waals surface area contributed by atoms with Crippen LogP contribution in [0.25, 0.3) is 0 Å². The molecule has 0 bridgehead atoms. The summed E-state index contributed by atoms with van der Waals surface area (Å²) < 4.78 is 0. The van der Waals surface area contributed by atoms with E-state index in [1.54, 1.807) is 6.07 Å². The van der Waals surface area contributed by atoms with Gasteiger partial charge in [-0.25, -0.2) is 0 Å². The first-order valence-electron chi connectivity index (χ1n) is 6.41. The van der Waals surface area contributed by atoms with Crippen LogP contribution in [0, 0.1) is 0 Å². The van der Waals surface area contributed by atoms with Gasteiger partial charge in [-0.3, -0.25) is 0 Å². The van der Waals surface area contributed by atoms with E-state index >= 15 is 0 Å². The molecule has 1 saturated heterocycles. The van der Waals surface area contributed by atoms with E-state index in [0.717, 1.165) is 38.0 Å². The number of rotatable bonds is 3. The fraction of sp³-hybridized carbons (Fsp3) is 0.571. The lowest BCUT2D eigenvalue weighted by molar-refractivity contribution is -0.0194. The minimum Gasteiger partial charge on any atom is -0.389 e. The predicted molar refractivity (Wildman–Crippen MR) is 76.5 cm³/mol. The molecule has 1 aliphatic rings. The predicted octanol–water partition coefficient (Wildman–Crippen LogP) is 3.38. The molecule has 0 amide bonds. The molecule has 1 aliphatic heterocycles. The third-order valence-corrected chi connectivity index (χ3v) is 4.36. The molecule has 1 fully saturated rings. The SMILES string of the molecule is CCN1CCC(O)(Cc2ccc(Cl)cc2Cl)CC1. The number of hydrogen-bond donors (Lipinski definition) is 1. The van der Waals surface area contributed by atoms with E-state index < -0.39 is 5.60 Å². The summed E-state index contributed by atoms with van der Waals surface area (Å²) in [6.07, 6.45) is 2.22. The standard InChI is InChI=1S/C14H19Cl2NO/c1-2-17-7-5-14(18,6-8-17)10-11-3-4-12(15)9-13(11)16/h3-4,9,18H,2,5-8,10H2,1H3. The smallest absolute Gasteiger partial charge is 0.0712 e. The van der Waals surface area contributed by atoms with Crippen molar-refractivity contribution in [2.45, 2.75) is 31.8 Å². The first-order valence-corrected chi connectivity index (χ1v) is 7.17. The Morgan fingerprint density at radius 1 is 1.28 bits per heavy atom. The Morgan fingerprint density at radius 3 is 2.50 bits per heavy atom. The third kappa shape index (κ3) is 3.39. The Bertz CT molecular complexity index is 414. The number of hydrogen-bond acceptors (Lipinski definition) is 2. The lowest BCUT2D eigenvalue weighted by atomic mass is 9.85. The van der Waals surface area contributed by atoms with Gasteiger partial charge >= 0.3 is 0 Å². The summed E-state index contributed by atoms with van der Waals surface area (Å²) >= 11 is 12.0. The molecule has 0 saturated carbocycles. The monoisotopic (exact) mass is 287 g/mol. The van der Waals surface area contributed by atoms with Crippen molar-refractivity contribution in [2.75, 3.05) is 19.6 Å². The fourth-order valence-electron chi connectivity index (χ4n) is 2.48. The van der Waals surface area contributed by atoms with Crippen molar-refractivity contribution in [3.05, 3.63) is 33.8 Å². The summed E-state index contributed by atoms with van der Waals surface area (Å²) in [6.45, 7) is 5.12. The second-order valence-electron chi connectivity index (χ2n) is 5.07. The summed E-state index contributed by atoms with van der Waals surface area (Å²) in [4.78, 5) is 2.36. The number of piperidine rings is 1. The molecule has 1 heterocycles. The molecule has 0 aromatic heterocycles. The van der Waals surface area contributed by atoms with Gasteiger partial charge < -0.3 is 10.0 Å². The number of nitrogens with zero attached hydrogens (tertiary/aromatic N) is 1. The topological polar surface area (TPSA) is 23.5 Å². The van der Waals surface area contributed by atoms with Crippen LogP contribution < -0.4 is 0 Å². The van der Waals surface area contributed by atoms with Crippen LogP contribution in [0.5, 0.6) is 0 Å². The van der Waals surface area contributed by atoms with E-state index in [0.29, 0.717) is 16.5 Å². The highest BCUT2D eigenvalue weighted by Crippen LogP contribution is 2.30. The highest BCUT2D eigenvalue weighted by Gasteiger charge is 2.32. The van der Waals surface area contributed by atoms with Crippen LogP contribution in [0.4, 0.5) is 0 Å². The molecule has 0 spiro atoms. The van der Waals surface area contributed by atoms with Crippen molar-refractivity contribution in [3.8, 4) is 0 Å². The van der Waals surface area contributed by atoms with Crippen LogP contribution in [0.3, 0.4) is 0 Å². The van der Waals surface area contributed by atoms with Gasteiger partial charge in [-0.15, -0.1) is 0 Å². The molecule has 18 heavy (non-hydrogen) atoms. The molecule has 0 unspecified atom stereocenters. The summed E-state index contributed by atoms with van der Waals surface area (Å²) in [7, 11) is 0. The first kappa shape index (κ1) is 14.1. The molecule has 1 aromatic carbocycles. The van der Waals surface area contributed by atoms with Crippen LogP contribution in [-0.4, -0.2) is 35.2 Å². The van der Waals surface area contributed by atoms with Crippen molar-refractivity contribution in [1.82, 2.24) is 4.90 Å². The maximum atomic E-state index is 10.6. The van der Waals surface area contributed by atoms with Crippen molar-refractivity contribution in [1.29, 1.82) is 0 Å². The van der Waals surface area contributed by atoms with Gasteiger partial charge in [0, 0.05) is 29.6 Å². The maximum absolute atomic E-state index is 10.6. The zero-order valence-corrected chi connectivity index (χ0v) is 12.1. The van der Waals surface area contributed by atoms with Crippen molar-refractivity contribution < 1.29 is 5.11 Å². The highest BCUT2D eigenvalue weighted by molar-refractivity contribution is 6.35. The maximum Gasteiger partial charge on any atom is 0.0712 e. The molecular formula is C14H19Cl2NO. The molecule has 0 radical (unpaired) electrons. The number of aliphatic hydroxyl groups is 1. The number of benzene rings is 1. The summed E-state index contributed by atoms with van der Waals surface area (Å²) in [5.41, 5.74) is 0.358. The van der Waals surface area contributed by atoms with E-state index in [1.807, 2.05) is 12.1 Å². The second kappa shape index (κ2) is 5.79. The van der Waals surface area contributed by atoms with Crippen molar-refractivity contribution in [2.24, 2.45) is 0 Å². The second-order valence-corrected chi connectivity index (χ2v) is 5.91. The van der Waals surface area contributed by atoms with Crippen LogP contribution >= 0.6 is 23.2 Å². The van der Waals surface area contributed by atoms with Gasteiger partial charge in [0.05, 0.1) is 5.60 Å². The first-order chi connectivity index (χ1) is 8.52. The van der Waals surface area contributed by atoms with Gasteiger partial charge in [-0.1, -0.05) is 36.2 Å². The van der Waals surface area contributed by atoms with E-state index in [4.69, 9.17) is 23.2 Å². The quantitative estimate of drug-likeness (QED) is 0.921. The van der Waals surface area contributed by atoms with Crippen LogP contribution in [-0.2, 0) is 6.42 Å². The zero-order valence-electron chi connectivity index (χ0n) is 10.6. The van der Waals surface area contributed by atoms with Gasteiger partial charge in [0.25, 0.3) is 0 Å². The third-order valence-electron chi connectivity index (χ3n) is 3.77. The minimum absolute atomic E-state index is 0.612. The van der Waals surface area contributed by atoms with Crippen LogP contribution in [0.15, 0.2) is 18.2 Å². The molecule has 0 atom stereocenters. The lowest BCUT2D eigenvalue weighted by Crippen LogP contribution is -2.45. The Balaban J connectivity index is 2.04. The number of halogens is 2. The van der Waals surface area contributed by atoms with Gasteiger partial charge in [0.2, 0.25) is 0 Å². The van der Waals surface area contributed by atoms with Crippen molar-refractivity contribution >= 4 is 23.2 Å². The van der Waals surface area contributed by atoms with Gasteiger partial charge in [0.15, 0.2) is 0 Å². The van der Waals surface area contributed by atoms with E-state index in [2.05, 4.69) is 11.8 Å². The fourth-order valence-corrected chi connectivity index (χ4v) is 2.96. The van der Waals surface area contributed by atoms with E-state index in [9.17, 15) is 5.11 Å².